The number of aromatic nitrogens is 2. The summed E-state index contributed by atoms with van der Waals surface area (Å²) >= 11 is 0. The van der Waals surface area contributed by atoms with E-state index < -0.39 is 0 Å². The first-order chi connectivity index (χ1) is 13.1. The molecule has 2 aromatic rings. The van der Waals surface area contributed by atoms with E-state index in [4.69, 9.17) is 0 Å². The third-order valence-corrected chi connectivity index (χ3v) is 5.36. The number of anilines is 3. The third-order valence-electron chi connectivity index (χ3n) is 5.36. The Labute approximate surface area is 160 Å². The van der Waals surface area contributed by atoms with Gasteiger partial charge in [-0.15, -0.1) is 0 Å². The van der Waals surface area contributed by atoms with E-state index in [-0.39, 0.29) is 12.1 Å². The zero-order chi connectivity index (χ0) is 18.8. The van der Waals surface area contributed by atoms with Crippen molar-refractivity contribution in [1.29, 1.82) is 0 Å². The molecule has 0 saturated carbocycles. The zero-order valence-corrected chi connectivity index (χ0v) is 15.9. The molecule has 0 radical (unpaired) electrons. The largest absolute Gasteiger partial charge is 0.334 e. The van der Waals surface area contributed by atoms with Crippen LogP contribution in [0.2, 0.25) is 0 Å². The number of carbonyl (C=O) groups excluding carboxylic acids is 1. The lowest BCUT2D eigenvalue weighted by molar-refractivity contribution is 0.238. The molecule has 142 valence electrons. The molecular formula is C20H26N6O. The van der Waals surface area contributed by atoms with Crippen LogP contribution in [0.25, 0.3) is 0 Å². The first-order valence-corrected chi connectivity index (χ1v) is 9.58. The zero-order valence-electron chi connectivity index (χ0n) is 15.9. The van der Waals surface area contributed by atoms with E-state index in [1.807, 2.05) is 29.2 Å². The molecule has 27 heavy (non-hydrogen) atoms. The Balaban J connectivity index is 1.51. The first kappa shape index (κ1) is 17.7. The van der Waals surface area contributed by atoms with Crippen molar-refractivity contribution in [3.05, 3.63) is 42.9 Å². The minimum Gasteiger partial charge on any atom is -0.334 e. The molecule has 0 spiro atoms. The van der Waals surface area contributed by atoms with Crippen LogP contribution in [0.1, 0.15) is 20.3 Å². The molecule has 1 aromatic carbocycles. The van der Waals surface area contributed by atoms with Gasteiger partial charge in [-0.3, -0.25) is 14.8 Å². The van der Waals surface area contributed by atoms with Crippen molar-refractivity contribution in [3.63, 3.8) is 0 Å². The van der Waals surface area contributed by atoms with Crippen LogP contribution in [0.3, 0.4) is 0 Å². The van der Waals surface area contributed by atoms with E-state index in [9.17, 15) is 4.79 Å². The highest BCUT2D eigenvalue weighted by atomic mass is 16.2. The molecule has 2 amide bonds. The Morgan fingerprint density at radius 2 is 1.96 bits per heavy atom. The lowest BCUT2D eigenvalue weighted by Gasteiger charge is -2.37. The fourth-order valence-corrected chi connectivity index (χ4v) is 3.87. The van der Waals surface area contributed by atoms with E-state index in [1.54, 1.807) is 18.6 Å². The van der Waals surface area contributed by atoms with Gasteiger partial charge in [0.25, 0.3) is 0 Å². The van der Waals surface area contributed by atoms with E-state index in [1.165, 1.54) is 0 Å². The van der Waals surface area contributed by atoms with Gasteiger partial charge < -0.3 is 10.2 Å². The summed E-state index contributed by atoms with van der Waals surface area (Å²) < 4.78 is 0. The molecule has 2 aliphatic rings. The molecule has 1 aromatic heterocycles. The lowest BCUT2D eigenvalue weighted by Crippen LogP contribution is -2.50. The number of nitrogens with zero attached hydrogens (tertiary/aromatic N) is 5. The number of amides is 2. The summed E-state index contributed by atoms with van der Waals surface area (Å²) in [5, 5.41) is 3.23. The maximum Gasteiger partial charge on any atom is 0.322 e. The molecule has 0 aliphatic carbocycles. The predicted molar refractivity (Wildman–Crippen MR) is 106 cm³/mol. The Hall–Kier alpha value is -2.67. The minimum absolute atomic E-state index is 0.0168. The van der Waals surface area contributed by atoms with E-state index in [0.29, 0.717) is 19.1 Å². The molecule has 7 nitrogen and oxygen atoms in total. The van der Waals surface area contributed by atoms with Crippen LogP contribution in [0, 0.1) is 0 Å². The molecule has 0 unspecified atom stereocenters. The summed E-state index contributed by atoms with van der Waals surface area (Å²) in [7, 11) is 0. The van der Waals surface area contributed by atoms with Crippen LogP contribution < -0.4 is 15.1 Å². The number of hydrogen-bond acceptors (Lipinski definition) is 5. The number of urea groups is 1. The second kappa shape index (κ2) is 7.52. The van der Waals surface area contributed by atoms with Crippen LogP contribution in [-0.4, -0.2) is 59.2 Å². The number of para-hydroxylation sites is 2. The highest BCUT2D eigenvalue weighted by Crippen LogP contribution is 2.36. The van der Waals surface area contributed by atoms with Gasteiger partial charge in [-0.25, -0.2) is 9.78 Å². The molecule has 0 bridgehead atoms. The summed E-state index contributed by atoms with van der Waals surface area (Å²) in [5.41, 5.74) is 1.89. The van der Waals surface area contributed by atoms with Crippen LogP contribution in [0.15, 0.2) is 42.9 Å². The van der Waals surface area contributed by atoms with Crippen LogP contribution in [0.4, 0.5) is 22.0 Å². The van der Waals surface area contributed by atoms with Gasteiger partial charge in [0.1, 0.15) is 0 Å². The summed E-state index contributed by atoms with van der Waals surface area (Å²) in [4.78, 5) is 27.9. The Kier molecular flexibility index (Phi) is 4.94. The predicted octanol–water partition coefficient (Wildman–Crippen LogP) is 2.63. The fraction of sp³-hybridized carbons (Fsp3) is 0.450. The normalized spacial score (nSPS) is 20.0. The molecule has 1 atom stereocenters. The van der Waals surface area contributed by atoms with Gasteiger partial charge in [-0.2, -0.15) is 0 Å². The average molecular weight is 366 g/mol. The van der Waals surface area contributed by atoms with Gasteiger partial charge >= 0.3 is 6.03 Å². The van der Waals surface area contributed by atoms with Crippen molar-refractivity contribution in [2.24, 2.45) is 0 Å². The lowest BCUT2D eigenvalue weighted by atomic mass is 10.1. The molecule has 1 saturated heterocycles. The smallest absolute Gasteiger partial charge is 0.322 e. The third kappa shape index (κ3) is 3.60. The SMILES string of the molecule is CC(C)N1CC[C@H](NC(=O)N2CCN(c3cnccn3)c3ccccc32)C1. The molecule has 1 fully saturated rings. The molecule has 1 N–H and O–H groups in total. The summed E-state index contributed by atoms with van der Waals surface area (Å²) in [6.45, 7) is 7.66. The van der Waals surface area contributed by atoms with Gasteiger partial charge in [-0.1, -0.05) is 12.1 Å². The van der Waals surface area contributed by atoms with Crippen molar-refractivity contribution in [3.8, 4) is 0 Å². The number of fused-ring (bicyclic) bond motifs is 1. The number of rotatable bonds is 3. The van der Waals surface area contributed by atoms with Crippen LogP contribution in [0.5, 0.6) is 0 Å². The van der Waals surface area contributed by atoms with Crippen LogP contribution in [-0.2, 0) is 0 Å². The number of likely N-dealkylation sites (tertiary alicyclic amines) is 1. The van der Waals surface area contributed by atoms with E-state index in [2.05, 4.69) is 38.9 Å². The molecule has 7 heteroatoms. The first-order valence-electron chi connectivity index (χ1n) is 9.58. The standard InChI is InChI=1S/C20H26N6O/c1-15(2)24-10-7-16(14-24)23-20(27)26-12-11-25(19-13-21-8-9-22-19)17-5-3-4-6-18(17)26/h3-6,8-9,13,15-16H,7,10-12,14H2,1-2H3,(H,23,27)/t16-/m0/s1. The molecule has 4 rings (SSSR count). The van der Waals surface area contributed by atoms with Gasteiger partial charge in [0.2, 0.25) is 0 Å². The quantitative estimate of drug-likeness (QED) is 0.905. The van der Waals surface area contributed by atoms with Gasteiger partial charge in [0, 0.05) is 50.7 Å². The summed E-state index contributed by atoms with van der Waals surface area (Å²) in [5.74, 6) is 0.799. The monoisotopic (exact) mass is 366 g/mol. The Morgan fingerprint density at radius 3 is 2.67 bits per heavy atom. The summed E-state index contributed by atoms with van der Waals surface area (Å²) in [6, 6.07) is 8.69. The topological polar surface area (TPSA) is 64.6 Å². The minimum atomic E-state index is -0.0168. The number of carbonyl (C=O) groups is 1. The van der Waals surface area contributed by atoms with Crippen molar-refractivity contribution in [2.75, 3.05) is 36.0 Å². The van der Waals surface area contributed by atoms with Crippen molar-refractivity contribution >= 4 is 23.2 Å². The van der Waals surface area contributed by atoms with E-state index in [0.717, 1.165) is 36.7 Å². The Bertz CT molecular complexity index is 796. The number of benzene rings is 1. The second-order valence-electron chi connectivity index (χ2n) is 7.38. The molecule has 3 heterocycles. The highest BCUT2D eigenvalue weighted by molar-refractivity contribution is 5.97. The molecular weight excluding hydrogens is 340 g/mol. The van der Waals surface area contributed by atoms with Crippen molar-refractivity contribution in [1.82, 2.24) is 20.2 Å². The second-order valence-corrected chi connectivity index (χ2v) is 7.38. The fourth-order valence-electron chi connectivity index (χ4n) is 3.87. The molecule has 2 aliphatic heterocycles. The van der Waals surface area contributed by atoms with Crippen molar-refractivity contribution in [2.45, 2.75) is 32.4 Å². The van der Waals surface area contributed by atoms with Crippen molar-refractivity contribution < 1.29 is 4.79 Å². The van der Waals surface area contributed by atoms with E-state index >= 15 is 0 Å². The Morgan fingerprint density at radius 1 is 1.15 bits per heavy atom. The maximum absolute atomic E-state index is 13.0. The van der Waals surface area contributed by atoms with Gasteiger partial charge in [-0.05, 0) is 32.4 Å². The number of hydrogen-bond donors (Lipinski definition) is 1. The summed E-state index contributed by atoms with van der Waals surface area (Å²) in [6.07, 6.45) is 6.12. The average Bonchev–Trinajstić information content (AvgIpc) is 3.16. The number of nitrogens with one attached hydrogen (secondary N) is 1. The maximum atomic E-state index is 13.0. The van der Waals surface area contributed by atoms with Gasteiger partial charge in [0.15, 0.2) is 5.82 Å². The van der Waals surface area contributed by atoms with Gasteiger partial charge in [0.05, 0.1) is 17.6 Å². The highest BCUT2D eigenvalue weighted by Gasteiger charge is 2.31. The van der Waals surface area contributed by atoms with Crippen LogP contribution >= 0.6 is 0 Å².